The molecule has 0 aromatic carbocycles. The van der Waals surface area contributed by atoms with E-state index >= 15 is 0 Å². The van der Waals surface area contributed by atoms with Crippen LogP contribution in [0, 0.1) is 6.92 Å². The second-order valence-electron chi connectivity index (χ2n) is 7.02. The fraction of sp³-hybridized carbons (Fsp3) is 0.611. The normalized spacial score (nSPS) is 21.8. The molecule has 4 rings (SSSR count). The molecule has 1 unspecified atom stereocenters. The second kappa shape index (κ2) is 6.51. The van der Waals surface area contributed by atoms with Crippen LogP contribution in [0.15, 0.2) is 18.5 Å². The van der Waals surface area contributed by atoms with E-state index in [4.69, 9.17) is 9.97 Å². The summed E-state index contributed by atoms with van der Waals surface area (Å²) >= 11 is 0. The highest BCUT2D eigenvalue weighted by molar-refractivity contribution is 5.31. The van der Waals surface area contributed by atoms with E-state index in [0.717, 1.165) is 43.5 Å². The third-order valence-electron chi connectivity index (χ3n) is 5.15. The van der Waals surface area contributed by atoms with Gasteiger partial charge in [-0.25, -0.2) is 15.0 Å². The van der Waals surface area contributed by atoms with Crippen LogP contribution in [-0.4, -0.2) is 44.1 Å². The number of rotatable bonds is 4. The minimum Gasteiger partial charge on any atom is -0.341 e. The molecule has 24 heavy (non-hydrogen) atoms. The molecule has 0 aliphatic carbocycles. The van der Waals surface area contributed by atoms with Crippen molar-refractivity contribution >= 4 is 5.95 Å². The zero-order chi connectivity index (χ0) is 16.5. The van der Waals surface area contributed by atoms with E-state index in [1.165, 1.54) is 31.5 Å². The van der Waals surface area contributed by atoms with Gasteiger partial charge in [-0.15, -0.1) is 0 Å². The highest BCUT2D eigenvalue weighted by atomic mass is 15.3. The monoisotopic (exact) mass is 326 g/mol. The van der Waals surface area contributed by atoms with Crippen molar-refractivity contribution < 1.29 is 0 Å². The van der Waals surface area contributed by atoms with Crippen molar-refractivity contribution in [1.82, 2.24) is 24.4 Å². The molecule has 0 bridgehead atoms. The molecule has 0 spiro atoms. The standard InChI is InChI=1S/C18H26N6/c1-14-12-22(2)17(20-14)16-6-5-11-24(16)13-15-7-8-19-18(21-15)23-9-3-4-10-23/h7-8,12,16H,3-6,9-11,13H2,1-2H3. The largest absolute Gasteiger partial charge is 0.341 e. The lowest BCUT2D eigenvalue weighted by Gasteiger charge is -2.24. The van der Waals surface area contributed by atoms with Crippen molar-refractivity contribution in [3.05, 3.63) is 35.7 Å². The van der Waals surface area contributed by atoms with E-state index in [0.29, 0.717) is 6.04 Å². The van der Waals surface area contributed by atoms with Crippen LogP contribution in [0.3, 0.4) is 0 Å². The molecule has 2 saturated heterocycles. The Hall–Kier alpha value is -1.95. The molecule has 2 aliphatic rings. The zero-order valence-electron chi connectivity index (χ0n) is 14.6. The summed E-state index contributed by atoms with van der Waals surface area (Å²) in [7, 11) is 2.10. The lowest BCUT2D eigenvalue weighted by atomic mass is 10.2. The first kappa shape index (κ1) is 15.6. The molecule has 0 saturated carbocycles. The Morgan fingerprint density at radius 3 is 2.71 bits per heavy atom. The quantitative estimate of drug-likeness (QED) is 0.864. The molecule has 2 aromatic rings. The van der Waals surface area contributed by atoms with E-state index < -0.39 is 0 Å². The molecule has 6 nitrogen and oxygen atoms in total. The smallest absolute Gasteiger partial charge is 0.225 e. The average Bonchev–Trinajstić information content (AvgIpc) is 3.29. The van der Waals surface area contributed by atoms with Crippen molar-refractivity contribution in [2.75, 3.05) is 24.5 Å². The van der Waals surface area contributed by atoms with Gasteiger partial charge in [0.2, 0.25) is 5.95 Å². The molecule has 4 heterocycles. The molecule has 0 amide bonds. The first-order chi connectivity index (χ1) is 11.7. The van der Waals surface area contributed by atoms with E-state index in [1.807, 2.05) is 6.20 Å². The molecule has 2 fully saturated rings. The van der Waals surface area contributed by atoms with Gasteiger partial charge in [-0.2, -0.15) is 0 Å². The lowest BCUT2D eigenvalue weighted by Crippen LogP contribution is -2.26. The maximum atomic E-state index is 4.82. The Balaban J connectivity index is 1.51. The van der Waals surface area contributed by atoms with Gasteiger partial charge in [0.05, 0.1) is 17.4 Å². The molecular weight excluding hydrogens is 300 g/mol. The molecular formula is C18H26N6. The van der Waals surface area contributed by atoms with Crippen LogP contribution in [0.4, 0.5) is 5.95 Å². The van der Waals surface area contributed by atoms with Gasteiger partial charge in [0.1, 0.15) is 5.82 Å². The lowest BCUT2D eigenvalue weighted by molar-refractivity contribution is 0.233. The van der Waals surface area contributed by atoms with Crippen molar-refractivity contribution in [2.45, 2.75) is 45.2 Å². The van der Waals surface area contributed by atoms with E-state index in [-0.39, 0.29) is 0 Å². The Morgan fingerprint density at radius 1 is 1.12 bits per heavy atom. The molecule has 0 radical (unpaired) electrons. The Labute approximate surface area is 143 Å². The maximum absolute atomic E-state index is 4.82. The van der Waals surface area contributed by atoms with Crippen LogP contribution in [-0.2, 0) is 13.6 Å². The summed E-state index contributed by atoms with van der Waals surface area (Å²) in [5.41, 5.74) is 2.21. The minimum atomic E-state index is 0.397. The van der Waals surface area contributed by atoms with E-state index in [1.54, 1.807) is 0 Å². The molecule has 1 atom stereocenters. The summed E-state index contributed by atoms with van der Waals surface area (Å²) in [5.74, 6) is 2.08. The number of imidazole rings is 1. The van der Waals surface area contributed by atoms with Crippen molar-refractivity contribution in [3.63, 3.8) is 0 Å². The zero-order valence-corrected chi connectivity index (χ0v) is 14.6. The fourth-order valence-electron chi connectivity index (χ4n) is 4.00. The average molecular weight is 326 g/mol. The number of aromatic nitrogens is 4. The van der Waals surface area contributed by atoms with Gasteiger partial charge in [0.15, 0.2) is 0 Å². The number of anilines is 1. The summed E-state index contributed by atoms with van der Waals surface area (Å²) in [5, 5.41) is 0. The highest BCUT2D eigenvalue weighted by Crippen LogP contribution is 2.32. The Bertz CT molecular complexity index is 703. The summed E-state index contributed by atoms with van der Waals surface area (Å²) in [6, 6.07) is 2.45. The highest BCUT2D eigenvalue weighted by Gasteiger charge is 2.29. The number of hydrogen-bond acceptors (Lipinski definition) is 5. The SMILES string of the molecule is Cc1cn(C)c(C2CCCN2Cc2ccnc(N3CCCC3)n2)n1. The van der Waals surface area contributed by atoms with Crippen molar-refractivity contribution in [2.24, 2.45) is 7.05 Å². The summed E-state index contributed by atoms with van der Waals surface area (Å²) < 4.78 is 2.17. The number of aryl methyl sites for hydroxylation is 2. The predicted octanol–water partition coefficient (Wildman–Crippen LogP) is 2.46. The molecule has 0 N–H and O–H groups in total. The third kappa shape index (κ3) is 3.02. The number of nitrogens with zero attached hydrogens (tertiary/aromatic N) is 6. The van der Waals surface area contributed by atoms with Crippen LogP contribution in [0.2, 0.25) is 0 Å². The van der Waals surface area contributed by atoms with Gasteiger partial charge in [-0.3, -0.25) is 4.90 Å². The van der Waals surface area contributed by atoms with Crippen LogP contribution < -0.4 is 4.90 Å². The van der Waals surface area contributed by atoms with Gasteiger partial charge in [-0.1, -0.05) is 0 Å². The fourth-order valence-corrected chi connectivity index (χ4v) is 4.00. The summed E-state index contributed by atoms with van der Waals surface area (Å²) in [6.07, 6.45) is 8.92. The van der Waals surface area contributed by atoms with Gasteiger partial charge in [-0.05, 0) is 45.2 Å². The predicted molar refractivity (Wildman–Crippen MR) is 93.8 cm³/mol. The maximum Gasteiger partial charge on any atom is 0.225 e. The van der Waals surface area contributed by atoms with Crippen LogP contribution in [0.1, 0.15) is 48.9 Å². The first-order valence-corrected chi connectivity index (χ1v) is 9.01. The van der Waals surface area contributed by atoms with Gasteiger partial charge in [0, 0.05) is 39.1 Å². The van der Waals surface area contributed by atoms with E-state index in [9.17, 15) is 0 Å². The number of likely N-dealkylation sites (tertiary alicyclic amines) is 1. The van der Waals surface area contributed by atoms with Crippen LogP contribution in [0.5, 0.6) is 0 Å². The third-order valence-corrected chi connectivity index (χ3v) is 5.15. The van der Waals surface area contributed by atoms with Gasteiger partial charge in [0.25, 0.3) is 0 Å². The molecule has 2 aromatic heterocycles. The molecule has 6 heteroatoms. The topological polar surface area (TPSA) is 50.1 Å². The number of hydrogen-bond donors (Lipinski definition) is 0. The summed E-state index contributed by atoms with van der Waals surface area (Å²) in [4.78, 5) is 18.8. The Kier molecular flexibility index (Phi) is 4.22. The second-order valence-corrected chi connectivity index (χ2v) is 7.02. The molecule has 2 aliphatic heterocycles. The van der Waals surface area contributed by atoms with Crippen LogP contribution in [0.25, 0.3) is 0 Å². The van der Waals surface area contributed by atoms with Crippen molar-refractivity contribution in [1.29, 1.82) is 0 Å². The first-order valence-electron chi connectivity index (χ1n) is 9.01. The van der Waals surface area contributed by atoms with E-state index in [2.05, 4.69) is 45.6 Å². The molecule has 128 valence electrons. The van der Waals surface area contributed by atoms with Gasteiger partial charge >= 0.3 is 0 Å². The van der Waals surface area contributed by atoms with Crippen LogP contribution >= 0.6 is 0 Å². The van der Waals surface area contributed by atoms with Crippen molar-refractivity contribution in [3.8, 4) is 0 Å². The minimum absolute atomic E-state index is 0.397. The Morgan fingerprint density at radius 2 is 1.96 bits per heavy atom. The summed E-state index contributed by atoms with van der Waals surface area (Å²) in [6.45, 7) is 6.22. The van der Waals surface area contributed by atoms with Gasteiger partial charge < -0.3 is 9.47 Å².